The first-order chi connectivity index (χ1) is 15.0. The van der Waals surface area contributed by atoms with Gasteiger partial charge >= 0.3 is 0 Å². The Balaban J connectivity index is 1.49. The quantitative estimate of drug-likeness (QED) is 0.473. The highest BCUT2D eigenvalue weighted by atomic mass is 19.1. The number of hydrogen-bond donors (Lipinski definition) is 0. The van der Waals surface area contributed by atoms with E-state index >= 15 is 0 Å². The first-order valence-corrected chi connectivity index (χ1v) is 9.62. The van der Waals surface area contributed by atoms with Crippen molar-refractivity contribution in [1.29, 1.82) is 0 Å². The van der Waals surface area contributed by atoms with Crippen LogP contribution in [0.25, 0.3) is 6.08 Å². The molecule has 1 amide bonds. The molecule has 0 bridgehead atoms. The number of aromatic nitrogens is 1. The number of methoxy groups -OCH3 is 1. The molecule has 0 N–H and O–H groups in total. The summed E-state index contributed by atoms with van der Waals surface area (Å²) in [7, 11) is 3.28. The van der Waals surface area contributed by atoms with E-state index in [0.29, 0.717) is 30.2 Å². The van der Waals surface area contributed by atoms with Gasteiger partial charge in [-0.05, 0) is 60.2 Å². The Morgan fingerprint density at radius 2 is 1.87 bits per heavy atom. The summed E-state index contributed by atoms with van der Waals surface area (Å²) in [5.41, 5.74) is 0.548. The fraction of sp³-hybridized carbons (Fsp3) is 0.167. The summed E-state index contributed by atoms with van der Waals surface area (Å²) in [4.78, 5) is 17.7. The van der Waals surface area contributed by atoms with E-state index in [0.717, 1.165) is 5.75 Å². The van der Waals surface area contributed by atoms with Crippen LogP contribution in [0.4, 0.5) is 4.39 Å². The van der Waals surface area contributed by atoms with E-state index < -0.39 is 5.82 Å². The number of carbonyl (C=O) groups is 1. The third kappa shape index (κ3) is 6.57. The van der Waals surface area contributed by atoms with E-state index in [1.165, 1.54) is 29.3 Å². The summed E-state index contributed by atoms with van der Waals surface area (Å²) in [5.74, 6) is 1.23. The molecule has 2 aromatic carbocycles. The van der Waals surface area contributed by atoms with Crippen molar-refractivity contribution in [1.82, 2.24) is 9.88 Å². The monoisotopic (exact) mass is 422 g/mol. The van der Waals surface area contributed by atoms with Crippen LogP contribution in [0.2, 0.25) is 0 Å². The molecule has 0 saturated carbocycles. The average molecular weight is 422 g/mol. The van der Waals surface area contributed by atoms with E-state index in [1.54, 1.807) is 68.9 Å². The molecule has 0 radical (unpaired) electrons. The van der Waals surface area contributed by atoms with E-state index in [4.69, 9.17) is 14.2 Å². The van der Waals surface area contributed by atoms with Gasteiger partial charge in [-0.25, -0.2) is 4.39 Å². The lowest BCUT2D eigenvalue weighted by Gasteiger charge is -2.15. The maximum absolute atomic E-state index is 14.3. The van der Waals surface area contributed by atoms with Gasteiger partial charge in [0.25, 0.3) is 0 Å². The molecule has 0 unspecified atom stereocenters. The van der Waals surface area contributed by atoms with Crippen LogP contribution in [-0.2, 0) is 4.79 Å². The summed E-state index contributed by atoms with van der Waals surface area (Å²) >= 11 is 0. The van der Waals surface area contributed by atoms with Crippen molar-refractivity contribution in [2.75, 3.05) is 27.3 Å². The van der Waals surface area contributed by atoms with Crippen LogP contribution in [0.3, 0.4) is 0 Å². The minimum absolute atomic E-state index is 0.0873. The number of ether oxygens (including phenoxy) is 3. The van der Waals surface area contributed by atoms with Crippen molar-refractivity contribution < 1.29 is 23.4 Å². The van der Waals surface area contributed by atoms with Crippen molar-refractivity contribution >= 4 is 12.0 Å². The lowest BCUT2D eigenvalue weighted by molar-refractivity contribution is -0.125. The number of likely N-dealkylation sites (N-methyl/N-ethyl adjacent to an activating group) is 1. The SMILES string of the molecule is COc1ccc(OCCN(C)C(=O)/C=C/c2ccc(Oc3cccnc3)c(F)c2)cc1. The van der Waals surface area contributed by atoms with E-state index in [1.807, 2.05) is 0 Å². The minimum atomic E-state index is -0.528. The van der Waals surface area contributed by atoms with Crippen LogP contribution in [0.1, 0.15) is 5.56 Å². The van der Waals surface area contributed by atoms with Gasteiger partial charge in [-0.2, -0.15) is 0 Å². The molecule has 3 rings (SSSR count). The zero-order chi connectivity index (χ0) is 22.1. The molecule has 0 aliphatic rings. The van der Waals surface area contributed by atoms with Crippen molar-refractivity contribution in [3.63, 3.8) is 0 Å². The van der Waals surface area contributed by atoms with Gasteiger partial charge in [0.15, 0.2) is 11.6 Å². The molecule has 0 aliphatic heterocycles. The van der Waals surface area contributed by atoms with Crippen LogP contribution >= 0.6 is 0 Å². The van der Waals surface area contributed by atoms with Gasteiger partial charge < -0.3 is 19.1 Å². The third-order valence-electron chi connectivity index (χ3n) is 4.37. The summed E-state index contributed by atoms with van der Waals surface area (Å²) in [6, 6.07) is 15.1. The molecule has 31 heavy (non-hydrogen) atoms. The average Bonchev–Trinajstić information content (AvgIpc) is 2.80. The van der Waals surface area contributed by atoms with Gasteiger partial charge in [0, 0.05) is 19.3 Å². The number of pyridine rings is 1. The predicted molar refractivity (Wildman–Crippen MR) is 116 cm³/mol. The smallest absolute Gasteiger partial charge is 0.246 e. The van der Waals surface area contributed by atoms with Crippen LogP contribution < -0.4 is 14.2 Å². The second-order valence-electron chi connectivity index (χ2n) is 6.60. The topological polar surface area (TPSA) is 60.9 Å². The number of benzene rings is 2. The van der Waals surface area contributed by atoms with Crippen molar-refractivity contribution in [3.05, 3.63) is 84.4 Å². The van der Waals surface area contributed by atoms with Gasteiger partial charge in [0.2, 0.25) is 5.91 Å². The number of hydrogen-bond acceptors (Lipinski definition) is 5. The van der Waals surface area contributed by atoms with Gasteiger partial charge in [-0.1, -0.05) is 6.07 Å². The summed E-state index contributed by atoms with van der Waals surface area (Å²) in [6.45, 7) is 0.749. The lowest BCUT2D eigenvalue weighted by atomic mass is 10.2. The molecule has 1 aromatic heterocycles. The Kier molecular flexibility index (Phi) is 7.59. The number of nitrogens with zero attached hydrogens (tertiary/aromatic N) is 2. The number of amides is 1. The molecule has 6 nitrogen and oxygen atoms in total. The standard InChI is InChI=1S/C24H23FN2O4/c1-27(14-15-30-20-9-7-19(29-2)8-10-20)24(28)12-6-18-5-11-23(22(25)16-18)31-21-4-3-13-26-17-21/h3-13,16-17H,14-15H2,1-2H3/b12-6+. The fourth-order valence-electron chi connectivity index (χ4n) is 2.62. The molecule has 0 saturated heterocycles. The van der Waals surface area contributed by atoms with E-state index in [2.05, 4.69) is 4.98 Å². The third-order valence-corrected chi connectivity index (χ3v) is 4.37. The first kappa shape index (κ1) is 21.8. The Hall–Kier alpha value is -3.87. The fourth-order valence-corrected chi connectivity index (χ4v) is 2.62. The number of halogens is 1. The van der Waals surface area contributed by atoms with Crippen molar-refractivity contribution in [3.8, 4) is 23.0 Å². The van der Waals surface area contributed by atoms with Crippen LogP contribution in [0.5, 0.6) is 23.0 Å². The molecule has 1 heterocycles. The normalized spacial score (nSPS) is 10.7. The van der Waals surface area contributed by atoms with Crippen LogP contribution in [0.15, 0.2) is 73.1 Å². The highest BCUT2D eigenvalue weighted by Gasteiger charge is 2.08. The molecule has 3 aromatic rings. The molecule has 0 atom stereocenters. The van der Waals surface area contributed by atoms with Crippen molar-refractivity contribution in [2.24, 2.45) is 0 Å². The van der Waals surface area contributed by atoms with Gasteiger partial charge in [0.1, 0.15) is 23.9 Å². The summed E-state index contributed by atoms with van der Waals surface area (Å²) in [6.07, 6.45) is 6.06. The Morgan fingerprint density at radius 3 is 2.55 bits per heavy atom. The van der Waals surface area contributed by atoms with Gasteiger partial charge in [-0.3, -0.25) is 9.78 Å². The zero-order valence-electron chi connectivity index (χ0n) is 17.3. The number of carbonyl (C=O) groups excluding carboxylic acids is 1. The number of rotatable bonds is 9. The summed E-state index contributed by atoms with van der Waals surface area (Å²) in [5, 5.41) is 0. The molecule has 160 valence electrons. The van der Waals surface area contributed by atoms with Crippen molar-refractivity contribution in [2.45, 2.75) is 0 Å². The largest absolute Gasteiger partial charge is 0.497 e. The maximum Gasteiger partial charge on any atom is 0.246 e. The second-order valence-corrected chi connectivity index (χ2v) is 6.60. The Bertz CT molecular complexity index is 1020. The lowest BCUT2D eigenvalue weighted by Crippen LogP contribution is -2.29. The second kappa shape index (κ2) is 10.8. The predicted octanol–water partition coefficient (Wildman–Crippen LogP) is 4.57. The highest BCUT2D eigenvalue weighted by molar-refractivity contribution is 5.91. The molecule has 7 heteroatoms. The molecule has 0 aliphatic carbocycles. The molecule has 0 fully saturated rings. The molecular formula is C24H23FN2O4. The van der Waals surface area contributed by atoms with Gasteiger partial charge in [0.05, 0.1) is 19.9 Å². The minimum Gasteiger partial charge on any atom is -0.497 e. The van der Waals surface area contributed by atoms with E-state index in [9.17, 15) is 9.18 Å². The summed E-state index contributed by atoms with van der Waals surface area (Å²) < 4.78 is 30.5. The maximum atomic E-state index is 14.3. The Morgan fingerprint density at radius 1 is 1.10 bits per heavy atom. The van der Waals surface area contributed by atoms with E-state index in [-0.39, 0.29) is 11.7 Å². The zero-order valence-corrected chi connectivity index (χ0v) is 17.3. The highest BCUT2D eigenvalue weighted by Crippen LogP contribution is 2.25. The molecular weight excluding hydrogens is 399 g/mol. The molecule has 0 spiro atoms. The van der Waals surface area contributed by atoms with Gasteiger partial charge in [-0.15, -0.1) is 0 Å². The first-order valence-electron chi connectivity index (χ1n) is 9.62. The van der Waals surface area contributed by atoms with Crippen LogP contribution in [0, 0.1) is 5.82 Å². The Labute approximate surface area is 180 Å². The van der Waals surface area contributed by atoms with Crippen LogP contribution in [-0.4, -0.2) is 43.1 Å².